The van der Waals surface area contributed by atoms with E-state index < -0.39 is 0 Å². The van der Waals surface area contributed by atoms with Crippen molar-refractivity contribution in [2.75, 3.05) is 28.7 Å². The van der Waals surface area contributed by atoms with Gasteiger partial charge in [-0.15, -0.1) is 0 Å². The first kappa shape index (κ1) is 24.1. The summed E-state index contributed by atoms with van der Waals surface area (Å²) in [4.78, 5) is 15.7. The Morgan fingerprint density at radius 2 is 1.59 bits per heavy atom. The molecule has 5 rings (SSSR count). The molecule has 186 valence electrons. The lowest BCUT2D eigenvalue weighted by Crippen LogP contribution is -2.21. The number of phenolic OH excluding ortho intramolecular Hbond substituents is 1. The van der Waals surface area contributed by atoms with E-state index in [9.17, 15) is 5.11 Å². The number of para-hydroxylation sites is 1. The molecule has 0 radical (unpaired) electrons. The topological polar surface area (TPSA) is 123 Å². The number of hydrazone groups is 1. The molecule has 11 heteroatoms. The fourth-order valence-electron chi connectivity index (χ4n) is 3.70. The quantitative estimate of drug-likeness (QED) is 0.141. The lowest BCUT2D eigenvalue weighted by atomic mass is 10.2. The molecule has 1 fully saturated rings. The monoisotopic (exact) mass is 513 g/mol. The standard InChI is InChI=1S/C26H24ClN9O/c27-19-7-6-10-21(16-19)33-34-22-11-12-23(37)18(15-22)17-28-35-25-30-24(29-20-8-2-1-3-9-20)31-26(32-25)36-13-4-5-14-36/h1-3,6-12,15-17,37H,4-5,13-14H2,(H2,29,30,31,32,35)/b28-17-,34-33?. The maximum Gasteiger partial charge on any atom is 0.250 e. The van der Waals surface area contributed by atoms with Crippen LogP contribution in [-0.2, 0) is 0 Å². The number of nitrogens with zero attached hydrogens (tertiary/aromatic N) is 7. The van der Waals surface area contributed by atoms with Crippen molar-refractivity contribution in [3.63, 3.8) is 0 Å². The predicted molar refractivity (Wildman–Crippen MR) is 146 cm³/mol. The van der Waals surface area contributed by atoms with Gasteiger partial charge in [-0.3, -0.25) is 0 Å². The average molecular weight is 514 g/mol. The molecule has 1 aromatic heterocycles. The van der Waals surface area contributed by atoms with E-state index in [1.165, 1.54) is 12.3 Å². The summed E-state index contributed by atoms with van der Waals surface area (Å²) in [7, 11) is 0. The number of hydrogen-bond donors (Lipinski definition) is 3. The fourth-order valence-corrected chi connectivity index (χ4v) is 3.89. The van der Waals surface area contributed by atoms with Gasteiger partial charge in [0.15, 0.2) is 0 Å². The van der Waals surface area contributed by atoms with Gasteiger partial charge in [0.25, 0.3) is 0 Å². The summed E-state index contributed by atoms with van der Waals surface area (Å²) in [6.45, 7) is 1.78. The summed E-state index contributed by atoms with van der Waals surface area (Å²) in [5, 5.41) is 26.7. The van der Waals surface area contributed by atoms with Gasteiger partial charge in [0, 0.05) is 29.4 Å². The van der Waals surface area contributed by atoms with E-state index in [2.05, 4.69) is 45.9 Å². The maximum absolute atomic E-state index is 10.3. The highest BCUT2D eigenvalue weighted by Gasteiger charge is 2.17. The molecule has 37 heavy (non-hydrogen) atoms. The Bertz CT molecular complexity index is 1420. The molecule has 1 aliphatic heterocycles. The first-order valence-electron chi connectivity index (χ1n) is 11.7. The van der Waals surface area contributed by atoms with Crippen molar-refractivity contribution in [2.24, 2.45) is 15.3 Å². The molecule has 1 aliphatic rings. The Kier molecular flexibility index (Phi) is 7.47. The molecule has 0 spiro atoms. The van der Waals surface area contributed by atoms with Gasteiger partial charge in [0.1, 0.15) is 5.75 Å². The summed E-state index contributed by atoms with van der Waals surface area (Å²) < 4.78 is 0. The summed E-state index contributed by atoms with van der Waals surface area (Å²) in [5.41, 5.74) is 5.34. The van der Waals surface area contributed by atoms with Crippen LogP contribution in [0.4, 0.5) is 34.9 Å². The molecular weight excluding hydrogens is 490 g/mol. The Morgan fingerprint density at radius 1 is 0.838 bits per heavy atom. The van der Waals surface area contributed by atoms with Crippen molar-refractivity contribution in [1.29, 1.82) is 0 Å². The molecular formula is C26H24ClN9O. The minimum absolute atomic E-state index is 0.0482. The van der Waals surface area contributed by atoms with E-state index in [0.717, 1.165) is 31.6 Å². The van der Waals surface area contributed by atoms with Crippen molar-refractivity contribution in [1.82, 2.24) is 15.0 Å². The molecule has 3 aromatic carbocycles. The van der Waals surface area contributed by atoms with Crippen LogP contribution >= 0.6 is 11.6 Å². The van der Waals surface area contributed by atoms with Gasteiger partial charge in [0.2, 0.25) is 17.8 Å². The van der Waals surface area contributed by atoms with E-state index in [-0.39, 0.29) is 11.7 Å². The molecule has 4 aromatic rings. The number of hydrogen-bond acceptors (Lipinski definition) is 10. The largest absolute Gasteiger partial charge is 0.507 e. The Balaban J connectivity index is 1.34. The molecule has 2 heterocycles. The molecule has 1 saturated heterocycles. The molecule has 0 unspecified atom stereocenters. The summed E-state index contributed by atoms with van der Waals surface area (Å²) in [6, 6.07) is 21.6. The minimum Gasteiger partial charge on any atom is -0.507 e. The van der Waals surface area contributed by atoms with Crippen molar-refractivity contribution in [2.45, 2.75) is 12.8 Å². The first-order chi connectivity index (χ1) is 18.1. The number of anilines is 4. The zero-order valence-corrected chi connectivity index (χ0v) is 20.5. The van der Waals surface area contributed by atoms with Crippen LogP contribution in [0, 0.1) is 0 Å². The zero-order valence-electron chi connectivity index (χ0n) is 19.8. The third-order valence-corrected chi connectivity index (χ3v) is 5.75. The van der Waals surface area contributed by atoms with Crippen LogP contribution < -0.4 is 15.6 Å². The minimum atomic E-state index is 0.0482. The Labute approximate surface area is 218 Å². The Hall–Kier alpha value is -4.57. The number of aromatic nitrogens is 3. The summed E-state index contributed by atoms with van der Waals surface area (Å²) in [6.07, 6.45) is 3.66. The van der Waals surface area contributed by atoms with Crippen LogP contribution in [0.3, 0.4) is 0 Å². The highest BCUT2D eigenvalue weighted by molar-refractivity contribution is 6.30. The highest BCUT2D eigenvalue weighted by Crippen LogP contribution is 2.25. The van der Waals surface area contributed by atoms with Crippen molar-refractivity contribution in [3.8, 4) is 5.75 Å². The molecule has 10 nitrogen and oxygen atoms in total. The van der Waals surface area contributed by atoms with Gasteiger partial charge >= 0.3 is 0 Å². The number of nitrogens with one attached hydrogen (secondary N) is 2. The van der Waals surface area contributed by atoms with E-state index in [0.29, 0.717) is 33.9 Å². The predicted octanol–water partition coefficient (Wildman–Crippen LogP) is 6.44. The second-order valence-corrected chi connectivity index (χ2v) is 8.70. The lowest BCUT2D eigenvalue weighted by Gasteiger charge is -2.16. The number of halogens is 1. The molecule has 3 N–H and O–H groups in total. The van der Waals surface area contributed by atoms with Gasteiger partial charge in [-0.25, -0.2) is 5.43 Å². The number of rotatable bonds is 8. The van der Waals surface area contributed by atoms with Gasteiger partial charge in [-0.1, -0.05) is 35.9 Å². The molecule has 0 atom stereocenters. The van der Waals surface area contributed by atoms with Gasteiger partial charge in [-0.2, -0.15) is 30.3 Å². The highest BCUT2D eigenvalue weighted by atomic mass is 35.5. The number of benzene rings is 3. The van der Waals surface area contributed by atoms with Crippen LogP contribution in [0.15, 0.2) is 88.1 Å². The molecule has 0 amide bonds. The third-order valence-electron chi connectivity index (χ3n) is 5.51. The number of aromatic hydroxyl groups is 1. The molecule has 0 aliphatic carbocycles. The third kappa shape index (κ3) is 6.56. The van der Waals surface area contributed by atoms with Crippen LogP contribution in [0.2, 0.25) is 5.02 Å². The van der Waals surface area contributed by atoms with Crippen LogP contribution in [-0.4, -0.2) is 39.4 Å². The number of phenols is 1. The first-order valence-corrected chi connectivity index (χ1v) is 12.1. The van der Waals surface area contributed by atoms with Gasteiger partial charge in [0.05, 0.1) is 17.6 Å². The zero-order chi connectivity index (χ0) is 25.5. The van der Waals surface area contributed by atoms with Gasteiger partial charge < -0.3 is 15.3 Å². The van der Waals surface area contributed by atoms with Crippen molar-refractivity contribution in [3.05, 3.63) is 83.4 Å². The van der Waals surface area contributed by atoms with Crippen molar-refractivity contribution < 1.29 is 5.11 Å². The van der Waals surface area contributed by atoms with E-state index in [1.807, 2.05) is 30.3 Å². The lowest BCUT2D eigenvalue weighted by molar-refractivity contribution is 0.474. The van der Waals surface area contributed by atoms with E-state index in [4.69, 9.17) is 11.6 Å². The molecule has 0 saturated carbocycles. The van der Waals surface area contributed by atoms with Crippen LogP contribution in [0.1, 0.15) is 18.4 Å². The fraction of sp³-hybridized carbons (Fsp3) is 0.154. The Morgan fingerprint density at radius 3 is 2.38 bits per heavy atom. The van der Waals surface area contributed by atoms with Crippen LogP contribution in [0.5, 0.6) is 5.75 Å². The summed E-state index contributed by atoms with van der Waals surface area (Å²) in [5.74, 6) is 1.32. The van der Waals surface area contributed by atoms with E-state index >= 15 is 0 Å². The maximum atomic E-state index is 10.3. The second-order valence-electron chi connectivity index (χ2n) is 8.26. The van der Waals surface area contributed by atoms with Gasteiger partial charge in [-0.05, 0) is 61.4 Å². The van der Waals surface area contributed by atoms with Crippen LogP contribution in [0.25, 0.3) is 0 Å². The average Bonchev–Trinajstić information content (AvgIpc) is 3.45. The van der Waals surface area contributed by atoms with E-state index in [1.54, 1.807) is 36.4 Å². The smallest absolute Gasteiger partial charge is 0.250 e. The second kappa shape index (κ2) is 11.4. The number of azo groups is 1. The SMILES string of the molecule is Oc1ccc(N=Nc2cccc(Cl)c2)cc1/C=N\Nc1nc(Nc2ccccc2)nc(N2CCCC2)n1. The summed E-state index contributed by atoms with van der Waals surface area (Å²) >= 11 is 6.00. The normalized spacial score (nSPS) is 13.5. The molecule has 0 bridgehead atoms. The van der Waals surface area contributed by atoms with Crippen molar-refractivity contribution >= 4 is 52.7 Å².